The fraction of sp³-hybridized carbons (Fsp3) is 0.533. The van der Waals surface area contributed by atoms with Crippen molar-refractivity contribution in [1.82, 2.24) is 10.6 Å². The van der Waals surface area contributed by atoms with Crippen LogP contribution in [0.3, 0.4) is 0 Å². The van der Waals surface area contributed by atoms with Gasteiger partial charge in [-0.2, -0.15) is 8.78 Å². The van der Waals surface area contributed by atoms with Crippen LogP contribution < -0.4 is 15.4 Å². The number of halogens is 2. The Morgan fingerprint density at radius 1 is 1.52 bits per heavy atom. The van der Waals surface area contributed by atoms with Crippen molar-refractivity contribution in [2.24, 2.45) is 0 Å². The Balaban J connectivity index is 1.91. The summed E-state index contributed by atoms with van der Waals surface area (Å²) in [6, 6.07) is 5.16. The largest absolute Gasteiger partial charge is 0.434 e. The van der Waals surface area contributed by atoms with Gasteiger partial charge in [-0.1, -0.05) is 17.7 Å². The van der Waals surface area contributed by atoms with Gasteiger partial charge in [0.25, 0.3) is 0 Å². The fourth-order valence-corrected chi connectivity index (χ4v) is 2.48. The van der Waals surface area contributed by atoms with Crippen molar-refractivity contribution >= 4 is 5.91 Å². The number of hydrogen-bond acceptors (Lipinski definition) is 3. The standard InChI is InChI=1S/C15H20F2N2O2/c1-10-4-5-13(21-15(16)17)11(7-10)9-19-14(20)8-12-3-2-6-18-12/h4-5,7,12,15,18H,2-3,6,8-9H2,1H3,(H,19,20). The fourth-order valence-electron chi connectivity index (χ4n) is 2.48. The van der Waals surface area contributed by atoms with Gasteiger partial charge in [0.05, 0.1) is 0 Å². The van der Waals surface area contributed by atoms with Crippen molar-refractivity contribution in [3.8, 4) is 5.75 Å². The van der Waals surface area contributed by atoms with Crippen molar-refractivity contribution in [2.45, 2.75) is 45.4 Å². The second kappa shape index (κ2) is 7.36. The average Bonchev–Trinajstić information content (AvgIpc) is 2.91. The van der Waals surface area contributed by atoms with Crippen LogP contribution in [0.4, 0.5) is 8.78 Å². The third kappa shape index (κ3) is 4.97. The summed E-state index contributed by atoms with van der Waals surface area (Å²) in [5.41, 5.74) is 1.49. The molecule has 1 saturated heterocycles. The Hall–Kier alpha value is -1.69. The molecule has 0 aromatic heterocycles. The topological polar surface area (TPSA) is 50.4 Å². The molecule has 0 radical (unpaired) electrons. The average molecular weight is 298 g/mol. The maximum atomic E-state index is 12.4. The minimum atomic E-state index is -2.87. The Bertz CT molecular complexity index is 489. The van der Waals surface area contributed by atoms with Gasteiger partial charge in [0.15, 0.2) is 0 Å². The maximum absolute atomic E-state index is 12.4. The van der Waals surface area contributed by atoms with E-state index in [2.05, 4.69) is 15.4 Å². The Labute approximate surface area is 122 Å². The number of alkyl halides is 2. The summed E-state index contributed by atoms with van der Waals surface area (Å²) in [4.78, 5) is 11.9. The Morgan fingerprint density at radius 3 is 3.00 bits per heavy atom. The van der Waals surface area contributed by atoms with Gasteiger partial charge in [-0.05, 0) is 32.4 Å². The third-order valence-electron chi connectivity index (χ3n) is 3.50. The van der Waals surface area contributed by atoms with Crippen LogP contribution in [-0.2, 0) is 11.3 Å². The Kier molecular flexibility index (Phi) is 5.50. The lowest BCUT2D eigenvalue weighted by Crippen LogP contribution is -2.31. The van der Waals surface area contributed by atoms with Gasteiger partial charge in [-0.3, -0.25) is 4.79 Å². The van der Waals surface area contributed by atoms with E-state index >= 15 is 0 Å². The highest BCUT2D eigenvalue weighted by molar-refractivity contribution is 5.76. The van der Waals surface area contributed by atoms with Crippen LogP contribution in [0.2, 0.25) is 0 Å². The molecule has 1 unspecified atom stereocenters. The van der Waals surface area contributed by atoms with Crippen LogP contribution >= 0.6 is 0 Å². The van der Waals surface area contributed by atoms with Gasteiger partial charge in [0.1, 0.15) is 5.75 Å². The molecule has 0 spiro atoms. The van der Waals surface area contributed by atoms with E-state index in [1.165, 1.54) is 6.07 Å². The number of hydrogen-bond donors (Lipinski definition) is 2. The minimum absolute atomic E-state index is 0.0843. The summed E-state index contributed by atoms with van der Waals surface area (Å²) in [5.74, 6) is 0.0220. The molecule has 2 N–H and O–H groups in total. The van der Waals surface area contributed by atoms with E-state index < -0.39 is 6.61 Å². The minimum Gasteiger partial charge on any atom is -0.434 e. The van der Waals surface area contributed by atoms with Crippen LogP contribution in [0.1, 0.15) is 30.4 Å². The lowest BCUT2D eigenvalue weighted by molar-refractivity contribution is -0.121. The summed E-state index contributed by atoms with van der Waals surface area (Å²) in [7, 11) is 0. The molecule has 1 aliphatic rings. The smallest absolute Gasteiger partial charge is 0.387 e. The number of ether oxygens (including phenoxy) is 1. The first-order valence-electron chi connectivity index (χ1n) is 7.09. The van der Waals surface area contributed by atoms with Crippen molar-refractivity contribution in [2.75, 3.05) is 6.54 Å². The highest BCUT2D eigenvalue weighted by Gasteiger charge is 2.18. The number of aryl methyl sites for hydroxylation is 1. The molecule has 21 heavy (non-hydrogen) atoms. The molecule has 0 bridgehead atoms. The number of rotatable bonds is 6. The summed E-state index contributed by atoms with van der Waals surface area (Å²) >= 11 is 0. The summed E-state index contributed by atoms with van der Waals surface area (Å²) in [6.45, 7) is 0.127. The van der Waals surface area contributed by atoms with Crippen molar-refractivity contribution < 1.29 is 18.3 Å². The van der Waals surface area contributed by atoms with Gasteiger partial charge in [0, 0.05) is 24.6 Å². The number of carbonyl (C=O) groups excluding carboxylic acids is 1. The predicted octanol–water partition coefficient (Wildman–Crippen LogP) is 2.35. The van der Waals surface area contributed by atoms with Gasteiger partial charge in [-0.25, -0.2) is 0 Å². The molecule has 116 valence electrons. The number of carbonyl (C=O) groups is 1. The maximum Gasteiger partial charge on any atom is 0.387 e. The van der Waals surface area contributed by atoms with Crippen LogP contribution in [-0.4, -0.2) is 25.1 Å². The zero-order chi connectivity index (χ0) is 15.2. The molecule has 1 atom stereocenters. The monoisotopic (exact) mass is 298 g/mol. The molecule has 1 heterocycles. The molecule has 1 aliphatic heterocycles. The molecule has 0 aliphatic carbocycles. The van der Waals surface area contributed by atoms with Gasteiger partial charge in [0.2, 0.25) is 5.91 Å². The quantitative estimate of drug-likeness (QED) is 0.847. The molecule has 1 aromatic rings. The predicted molar refractivity (Wildman–Crippen MR) is 75.3 cm³/mol. The number of amides is 1. The van der Waals surface area contributed by atoms with Gasteiger partial charge >= 0.3 is 6.61 Å². The second-order valence-corrected chi connectivity index (χ2v) is 5.26. The molecular weight excluding hydrogens is 278 g/mol. The molecule has 6 heteroatoms. The third-order valence-corrected chi connectivity index (χ3v) is 3.50. The second-order valence-electron chi connectivity index (χ2n) is 5.26. The molecular formula is C15H20F2N2O2. The first-order chi connectivity index (χ1) is 10.0. The van der Waals surface area contributed by atoms with E-state index in [0.717, 1.165) is 24.9 Å². The zero-order valence-electron chi connectivity index (χ0n) is 12.0. The lowest BCUT2D eigenvalue weighted by Gasteiger charge is -2.14. The molecule has 0 saturated carbocycles. The van der Waals surface area contributed by atoms with Crippen molar-refractivity contribution in [1.29, 1.82) is 0 Å². The normalized spacial score (nSPS) is 18.0. The number of nitrogens with one attached hydrogen (secondary N) is 2. The summed E-state index contributed by atoms with van der Waals surface area (Å²) in [6.07, 6.45) is 2.50. The molecule has 1 fully saturated rings. The van der Waals surface area contributed by atoms with Gasteiger partial charge in [-0.15, -0.1) is 0 Å². The van der Waals surface area contributed by atoms with E-state index in [0.29, 0.717) is 12.0 Å². The first kappa shape index (κ1) is 15.7. The Morgan fingerprint density at radius 2 is 2.33 bits per heavy atom. The van der Waals surface area contributed by atoms with Crippen LogP contribution in [0, 0.1) is 6.92 Å². The number of benzene rings is 1. The first-order valence-corrected chi connectivity index (χ1v) is 7.09. The highest BCUT2D eigenvalue weighted by atomic mass is 19.3. The SMILES string of the molecule is Cc1ccc(OC(F)F)c(CNC(=O)CC2CCCN2)c1. The van der Waals surface area contributed by atoms with E-state index in [1.807, 2.05) is 6.92 Å². The molecule has 1 amide bonds. The van der Waals surface area contributed by atoms with E-state index in [9.17, 15) is 13.6 Å². The molecule has 1 aromatic carbocycles. The highest BCUT2D eigenvalue weighted by Crippen LogP contribution is 2.22. The summed E-state index contributed by atoms with van der Waals surface area (Å²) < 4.78 is 29.2. The van der Waals surface area contributed by atoms with Crippen LogP contribution in [0.25, 0.3) is 0 Å². The lowest BCUT2D eigenvalue weighted by atomic mass is 10.1. The zero-order valence-corrected chi connectivity index (χ0v) is 12.0. The van der Waals surface area contributed by atoms with E-state index in [1.54, 1.807) is 12.1 Å². The van der Waals surface area contributed by atoms with E-state index in [-0.39, 0.29) is 24.2 Å². The molecule has 2 rings (SSSR count). The van der Waals surface area contributed by atoms with Crippen molar-refractivity contribution in [3.05, 3.63) is 29.3 Å². The van der Waals surface area contributed by atoms with E-state index in [4.69, 9.17) is 0 Å². The van der Waals surface area contributed by atoms with Crippen LogP contribution in [0.15, 0.2) is 18.2 Å². The van der Waals surface area contributed by atoms with Gasteiger partial charge < -0.3 is 15.4 Å². The van der Waals surface area contributed by atoms with Crippen molar-refractivity contribution in [3.63, 3.8) is 0 Å². The van der Waals surface area contributed by atoms with Crippen LogP contribution in [0.5, 0.6) is 5.75 Å². The molecule has 4 nitrogen and oxygen atoms in total. The summed E-state index contributed by atoms with van der Waals surface area (Å²) in [5, 5.41) is 6.01.